The number of thioether (sulfide) groups is 2. The highest BCUT2D eigenvalue weighted by molar-refractivity contribution is 8.07. The fourth-order valence-electron chi connectivity index (χ4n) is 2.58. The summed E-state index contributed by atoms with van der Waals surface area (Å²) in [6.45, 7) is 5.31. The SMILES string of the molecule is CC1SCC(C(O)c2ccc3c(c2)CCO3)SC1C. The molecule has 1 saturated heterocycles. The van der Waals surface area contributed by atoms with E-state index < -0.39 is 0 Å². The Morgan fingerprint density at radius 2 is 2.16 bits per heavy atom. The molecule has 2 nitrogen and oxygen atoms in total. The lowest BCUT2D eigenvalue weighted by atomic mass is 10.0. The lowest BCUT2D eigenvalue weighted by Crippen LogP contribution is -2.30. The minimum Gasteiger partial charge on any atom is -0.493 e. The van der Waals surface area contributed by atoms with E-state index in [1.807, 2.05) is 35.7 Å². The highest BCUT2D eigenvalue weighted by atomic mass is 32.2. The third-order valence-corrected chi connectivity index (χ3v) is 7.46. The van der Waals surface area contributed by atoms with E-state index in [4.69, 9.17) is 4.74 Å². The normalized spacial score (nSPS) is 31.6. The van der Waals surface area contributed by atoms with E-state index in [1.54, 1.807) is 0 Å². The second kappa shape index (κ2) is 5.58. The maximum atomic E-state index is 10.6. The van der Waals surface area contributed by atoms with Gasteiger partial charge in [-0.15, -0.1) is 0 Å². The van der Waals surface area contributed by atoms with Gasteiger partial charge in [0.2, 0.25) is 0 Å². The molecule has 2 heterocycles. The maximum Gasteiger partial charge on any atom is 0.122 e. The molecule has 104 valence electrons. The molecule has 1 fully saturated rings. The first kappa shape index (κ1) is 13.7. The van der Waals surface area contributed by atoms with E-state index in [0.29, 0.717) is 15.7 Å². The van der Waals surface area contributed by atoms with E-state index in [9.17, 15) is 5.11 Å². The summed E-state index contributed by atoms with van der Waals surface area (Å²) in [4.78, 5) is 0. The molecule has 0 radical (unpaired) electrons. The Hall–Kier alpha value is -0.320. The summed E-state index contributed by atoms with van der Waals surface area (Å²) in [5.74, 6) is 2.02. The fraction of sp³-hybridized carbons (Fsp3) is 0.600. The summed E-state index contributed by atoms with van der Waals surface area (Å²) in [6, 6.07) is 6.15. The minimum atomic E-state index is -0.363. The quantitative estimate of drug-likeness (QED) is 0.907. The van der Waals surface area contributed by atoms with E-state index >= 15 is 0 Å². The number of aliphatic hydroxyl groups is 1. The molecule has 0 bridgehead atoms. The first-order chi connectivity index (χ1) is 9.15. The van der Waals surface area contributed by atoms with Crippen molar-refractivity contribution in [3.63, 3.8) is 0 Å². The molecule has 0 amide bonds. The third kappa shape index (κ3) is 2.76. The zero-order valence-electron chi connectivity index (χ0n) is 11.3. The van der Waals surface area contributed by atoms with Crippen LogP contribution < -0.4 is 4.74 Å². The maximum absolute atomic E-state index is 10.6. The van der Waals surface area contributed by atoms with Crippen LogP contribution >= 0.6 is 23.5 Å². The zero-order valence-corrected chi connectivity index (χ0v) is 13.0. The molecule has 3 rings (SSSR count). The van der Waals surface area contributed by atoms with Crippen LogP contribution in [0.3, 0.4) is 0 Å². The van der Waals surface area contributed by atoms with Crippen molar-refractivity contribution in [3.8, 4) is 5.75 Å². The molecule has 1 aromatic rings. The summed E-state index contributed by atoms with van der Waals surface area (Å²) in [7, 11) is 0. The number of hydrogen-bond donors (Lipinski definition) is 1. The van der Waals surface area contributed by atoms with Crippen molar-refractivity contribution in [2.75, 3.05) is 12.4 Å². The van der Waals surface area contributed by atoms with Crippen LogP contribution in [0.1, 0.15) is 31.1 Å². The van der Waals surface area contributed by atoms with Gasteiger partial charge in [-0.1, -0.05) is 19.9 Å². The monoisotopic (exact) mass is 296 g/mol. The van der Waals surface area contributed by atoms with Gasteiger partial charge in [-0.25, -0.2) is 0 Å². The zero-order chi connectivity index (χ0) is 13.4. The number of hydrogen-bond acceptors (Lipinski definition) is 4. The van der Waals surface area contributed by atoms with E-state index in [1.165, 1.54) is 5.56 Å². The van der Waals surface area contributed by atoms with E-state index in [-0.39, 0.29) is 6.10 Å². The van der Waals surface area contributed by atoms with Crippen molar-refractivity contribution in [2.45, 2.75) is 42.1 Å². The largest absolute Gasteiger partial charge is 0.493 e. The van der Waals surface area contributed by atoms with Gasteiger partial charge in [0, 0.05) is 27.9 Å². The van der Waals surface area contributed by atoms with Crippen LogP contribution in [-0.4, -0.2) is 33.2 Å². The Labute approximate surface area is 123 Å². The van der Waals surface area contributed by atoms with Crippen LogP contribution in [0.2, 0.25) is 0 Å². The van der Waals surface area contributed by atoms with E-state index in [2.05, 4.69) is 19.9 Å². The van der Waals surface area contributed by atoms with Gasteiger partial charge in [-0.3, -0.25) is 0 Å². The van der Waals surface area contributed by atoms with Crippen molar-refractivity contribution < 1.29 is 9.84 Å². The second-order valence-electron chi connectivity index (χ2n) is 5.33. The Kier molecular flexibility index (Phi) is 4.01. The number of rotatable bonds is 2. The first-order valence-electron chi connectivity index (χ1n) is 6.86. The summed E-state index contributed by atoms with van der Waals surface area (Å²) < 4.78 is 5.52. The van der Waals surface area contributed by atoms with E-state index in [0.717, 1.165) is 30.1 Å². The summed E-state index contributed by atoms with van der Waals surface area (Å²) >= 11 is 3.91. The smallest absolute Gasteiger partial charge is 0.122 e. The molecular weight excluding hydrogens is 276 g/mol. The fourth-order valence-corrected chi connectivity index (χ4v) is 5.58. The van der Waals surface area contributed by atoms with Crippen LogP contribution in [0, 0.1) is 0 Å². The van der Waals surface area contributed by atoms with Crippen LogP contribution in [-0.2, 0) is 6.42 Å². The average molecular weight is 296 g/mol. The van der Waals surface area contributed by atoms with Crippen LogP contribution in [0.5, 0.6) is 5.75 Å². The van der Waals surface area contributed by atoms with Gasteiger partial charge in [-0.05, 0) is 23.3 Å². The molecule has 2 aliphatic rings. The molecule has 2 aliphatic heterocycles. The van der Waals surface area contributed by atoms with Gasteiger partial charge in [0.05, 0.1) is 12.7 Å². The Morgan fingerprint density at radius 3 is 2.95 bits per heavy atom. The molecule has 0 spiro atoms. The van der Waals surface area contributed by atoms with Crippen LogP contribution in [0.4, 0.5) is 0 Å². The van der Waals surface area contributed by atoms with Gasteiger partial charge in [0.1, 0.15) is 5.75 Å². The third-order valence-electron chi connectivity index (χ3n) is 3.98. The van der Waals surface area contributed by atoms with Gasteiger partial charge in [-0.2, -0.15) is 23.5 Å². The number of ether oxygens (including phenoxy) is 1. The molecule has 0 aromatic heterocycles. The standard InChI is InChI=1S/C15H20O2S2/c1-9-10(2)19-14(8-18-9)15(16)12-3-4-13-11(7-12)5-6-17-13/h3-4,7,9-10,14-16H,5-6,8H2,1-2H3. The molecule has 1 aromatic carbocycles. The van der Waals surface area contributed by atoms with Gasteiger partial charge < -0.3 is 9.84 Å². The average Bonchev–Trinajstić information content (AvgIpc) is 2.88. The summed E-state index contributed by atoms with van der Waals surface area (Å²) in [5, 5.41) is 12.2. The van der Waals surface area contributed by atoms with Crippen molar-refractivity contribution in [3.05, 3.63) is 29.3 Å². The predicted octanol–water partition coefficient (Wildman–Crippen LogP) is 3.28. The predicted molar refractivity (Wildman–Crippen MR) is 83.4 cm³/mol. The van der Waals surface area contributed by atoms with Crippen LogP contribution in [0.15, 0.2) is 18.2 Å². The minimum absolute atomic E-state index is 0.302. The topological polar surface area (TPSA) is 29.5 Å². The Morgan fingerprint density at radius 1 is 1.32 bits per heavy atom. The second-order valence-corrected chi connectivity index (χ2v) is 8.36. The Bertz CT molecular complexity index is 463. The first-order valence-corrected chi connectivity index (χ1v) is 8.85. The van der Waals surface area contributed by atoms with Gasteiger partial charge in [0.15, 0.2) is 0 Å². The number of benzene rings is 1. The highest BCUT2D eigenvalue weighted by Crippen LogP contribution is 2.41. The van der Waals surface area contributed by atoms with Gasteiger partial charge in [0.25, 0.3) is 0 Å². The summed E-state index contributed by atoms with van der Waals surface area (Å²) in [6.07, 6.45) is 0.606. The lowest BCUT2D eigenvalue weighted by molar-refractivity contribution is 0.180. The number of fused-ring (bicyclic) bond motifs is 1. The van der Waals surface area contributed by atoms with Crippen molar-refractivity contribution in [1.29, 1.82) is 0 Å². The highest BCUT2D eigenvalue weighted by Gasteiger charge is 2.31. The number of aliphatic hydroxyl groups excluding tert-OH is 1. The van der Waals surface area contributed by atoms with Crippen molar-refractivity contribution in [2.24, 2.45) is 0 Å². The molecule has 4 atom stereocenters. The van der Waals surface area contributed by atoms with Gasteiger partial charge >= 0.3 is 0 Å². The Balaban J connectivity index is 1.75. The molecule has 0 aliphatic carbocycles. The molecule has 19 heavy (non-hydrogen) atoms. The van der Waals surface area contributed by atoms with Crippen molar-refractivity contribution >= 4 is 23.5 Å². The van der Waals surface area contributed by atoms with Crippen molar-refractivity contribution in [1.82, 2.24) is 0 Å². The lowest BCUT2D eigenvalue weighted by Gasteiger charge is -2.34. The van der Waals surface area contributed by atoms with Crippen LogP contribution in [0.25, 0.3) is 0 Å². The molecule has 0 saturated carbocycles. The molecule has 4 heteroatoms. The summed E-state index contributed by atoms with van der Waals surface area (Å²) in [5.41, 5.74) is 2.29. The molecular formula is C15H20O2S2. The molecule has 1 N–H and O–H groups in total. The molecule has 4 unspecified atom stereocenters.